The number of anilines is 1. The van der Waals surface area contributed by atoms with Crippen LogP contribution in [-0.4, -0.2) is 51.0 Å². The molecule has 30 heavy (non-hydrogen) atoms. The molecule has 3 aromatic rings. The van der Waals surface area contributed by atoms with Crippen LogP contribution >= 0.6 is 15.9 Å². The summed E-state index contributed by atoms with van der Waals surface area (Å²) >= 11 is 3.39. The average Bonchev–Trinajstić information content (AvgIpc) is 3.21. The molecule has 6 nitrogen and oxygen atoms in total. The third-order valence-corrected chi connectivity index (χ3v) is 7.35. The third kappa shape index (κ3) is 4.14. The Kier molecular flexibility index (Phi) is 5.95. The number of oxazole rings is 1. The highest BCUT2D eigenvalue weighted by Crippen LogP contribution is 2.35. The number of sulfone groups is 1. The summed E-state index contributed by atoms with van der Waals surface area (Å²) in [4.78, 5) is 8.56. The molecule has 0 bridgehead atoms. The molecule has 0 amide bonds. The summed E-state index contributed by atoms with van der Waals surface area (Å²) in [7, 11) is -3.99. The second-order valence-corrected chi connectivity index (χ2v) is 9.80. The van der Waals surface area contributed by atoms with Crippen LogP contribution in [0.3, 0.4) is 0 Å². The maximum absolute atomic E-state index is 13.3. The molecular weight excluding hydrogens is 473 g/mol. The number of aromatic nitrogens is 1. The zero-order chi connectivity index (χ0) is 21.3. The molecule has 0 N–H and O–H groups in total. The lowest BCUT2D eigenvalue weighted by Crippen LogP contribution is -2.46. The number of hydrogen-bond acceptors (Lipinski definition) is 6. The first kappa shape index (κ1) is 21.0. The Morgan fingerprint density at radius 2 is 1.67 bits per heavy atom. The van der Waals surface area contributed by atoms with E-state index in [0.29, 0.717) is 18.7 Å². The highest BCUT2D eigenvalue weighted by Gasteiger charge is 2.32. The molecule has 1 fully saturated rings. The molecular formula is C21H21BrFN3O3S. The van der Waals surface area contributed by atoms with E-state index in [1.807, 2.05) is 29.2 Å². The van der Waals surface area contributed by atoms with E-state index >= 15 is 0 Å². The number of likely N-dealkylation sites (N-methyl/N-ethyl adjacent to an activating group) is 1. The molecule has 0 saturated carbocycles. The Morgan fingerprint density at radius 1 is 1.03 bits per heavy atom. The Balaban J connectivity index is 1.79. The minimum atomic E-state index is -3.99. The van der Waals surface area contributed by atoms with Gasteiger partial charge in [-0.25, -0.2) is 12.8 Å². The van der Waals surface area contributed by atoms with Gasteiger partial charge < -0.3 is 14.2 Å². The lowest BCUT2D eigenvalue weighted by atomic mass is 10.2. The quantitative estimate of drug-likeness (QED) is 0.495. The number of hydrogen-bond donors (Lipinski definition) is 0. The summed E-state index contributed by atoms with van der Waals surface area (Å²) in [6, 6.07) is 12.0. The fourth-order valence-electron chi connectivity index (χ4n) is 3.38. The molecule has 0 unspecified atom stereocenters. The fourth-order valence-corrected chi connectivity index (χ4v) is 4.97. The van der Waals surface area contributed by atoms with Gasteiger partial charge in [0.1, 0.15) is 5.82 Å². The minimum absolute atomic E-state index is 0.0204. The number of piperazine rings is 1. The van der Waals surface area contributed by atoms with Gasteiger partial charge in [-0.05, 0) is 55.1 Å². The van der Waals surface area contributed by atoms with Crippen molar-refractivity contribution in [3.8, 4) is 11.5 Å². The van der Waals surface area contributed by atoms with Crippen molar-refractivity contribution in [3.63, 3.8) is 0 Å². The van der Waals surface area contributed by atoms with Crippen LogP contribution in [0.4, 0.5) is 10.3 Å². The predicted molar refractivity (Wildman–Crippen MR) is 116 cm³/mol. The molecule has 2 aromatic carbocycles. The van der Waals surface area contributed by atoms with E-state index in [1.165, 1.54) is 12.1 Å². The molecule has 1 saturated heterocycles. The molecule has 1 aliphatic heterocycles. The van der Waals surface area contributed by atoms with E-state index < -0.39 is 15.7 Å². The van der Waals surface area contributed by atoms with Crippen LogP contribution in [0.2, 0.25) is 0 Å². The molecule has 9 heteroatoms. The molecule has 0 radical (unpaired) electrons. The molecule has 1 aliphatic rings. The van der Waals surface area contributed by atoms with Crippen LogP contribution in [-0.2, 0) is 9.84 Å². The standard InChI is InChI=1S/C21H21BrFN3O3S/c1-2-25-11-13-26(14-12-25)21-20(30(27,28)18-9-7-17(23)8-10-18)24-19(29-21)15-3-5-16(22)6-4-15/h3-10H,2,11-14H2,1H3. The zero-order valence-corrected chi connectivity index (χ0v) is 18.8. The van der Waals surface area contributed by atoms with Gasteiger partial charge >= 0.3 is 0 Å². The maximum Gasteiger partial charge on any atom is 0.236 e. The van der Waals surface area contributed by atoms with Gasteiger partial charge in [-0.2, -0.15) is 4.98 Å². The zero-order valence-electron chi connectivity index (χ0n) is 16.4. The normalized spacial score (nSPS) is 15.5. The van der Waals surface area contributed by atoms with E-state index in [1.54, 1.807) is 0 Å². The average molecular weight is 494 g/mol. The Bertz CT molecular complexity index is 1120. The summed E-state index contributed by atoms with van der Waals surface area (Å²) in [5.74, 6) is -0.0373. The number of halogens is 2. The number of benzene rings is 2. The van der Waals surface area contributed by atoms with Crippen LogP contribution in [0, 0.1) is 5.82 Å². The molecule has 0 spiro atoms. The highest BCUT2D eigenvalue weighted by molar-refractivity contribution is 9.10. The monoisotopic (exact) mass is 493 g/mol. The second kappa shape index (κ2) is 8.49. The van der Waals surface area contributed by atoms with Crippen molar-refractivity contribution < 1.29 is 17.2 Å². The number of rotatable bonds is 5. The molecule has 1 aromatic heterocycles. The molecule has 2 heterocycles. The fraction of sp³-hybridized carbons (Fsp3) is 0.286. The molecule has 0 aliphatic carbocycles. The van der Waals surface area contributed by atoms with Gasteiger partial charge in [0.25, 0.3) is 0 Å². The van der Waals surface area contributed by atoms with Gasteiger partial charge in [0.15, 0.2) is 0 Å². The minimum Gasteiger partial charge on any atom is -0.419 e. The van der Waals surface area contributed by atoms with E-state index in [2.05, 4.69) is 32.7 Å². The SMILES string of the molecule is CCN1CCN(c2oc(-c3ccc(Br)cc3)nc2S(=O)(=O)c2ccc(F)cc2)CC1. The molecule has 158 valence electrons. The van der Waals surface area contributed by atoms with Crippen LogP contribution in [0.25, 0.3) is 11.5 Å². The van der Waals surface area contributed by atoms with Crippen molar-refractivity contribution in [3.05, 3.63) is 58.8 Å². The largest absolute Gasteiger partial charge is 0.419 e. The summed E-state index contributed by atoms with van der Waals surface area (Å²) in [6.07, 6.45) is 0. The van der Waals surface area contributed by atoms with Crippen LogP contribution in [0.15, 0.2) is 67.3 Å². The highest BCUT2D eigenvalue weighted by atomic mass is 79.9. The van der Waals surface area contributed by atoms with Crippen molar-refractivity contribution >= 4 is 31.7 Å². The first-order chi connectivity index (χ1) is 14.4. The van der Waals surface area contributed by atoms with Crippen molar-refractivity contribution in [2.24, 2.45) is 0 Å². The van der Waals surface area contributed by atoms with E-state index in [4.69, 9.17) is 4.42 Å². The third-order valence-electron chi connectivity index (χ3n) is 5.16. The van der Waals surface area contributed by atoms with Crippen molar-refractivity contribution in [1.82, 2.24) is 9.88 Å². The van der Waals surface area contributed by atoms with Crippen LogP contribution in [0.5, 0.6) is 0 Å². The smallest absolute Gasteiger partial charge is 0.236 e. The van der Waals surface area contributed by atoms with Gasteiger partial charge in [0.05, 0.1) is 4.90 Å². The topological polar surface area (TPSA) is 66.7 Å². The van der Waals surface area contributed by atoms with Gasteiger partial charge in [-0.1, -0.05) is 22.9 Å². The maximum atomic E-state index is 13.3. The van der Waals surface area contributed by atoms with Gasteiger partial charge in [-0.3, -0.25) is 0 Å². The second-order valence-electron chi connectivity index (χ2n) is 7.01. The summed E-state index contributed by atoms with van der Waals surface area (Å²) in [5.41, 5.74) is 0.673. The van der Waals surface area contributed by atoms with Gasteiger partial charge in [0.2, 0.25) is 26.6 Å². The van der Waals surface area contributed by atoms with Crippen molar-refractivity contribution in [2.75, 3.05) is 37.6 Å². The molecule has 0 atom stereocenters. The number of nitrogens with zero attached hydrogens (tertiary/aromatic N) is 3. The van der Waals surface area contributed by atoms with E-state index in [9.17, 15) is 12.8 Å². The van der Waals surface area contributed by atoms with E-state index in [-0.39, 0.29) is 21.7 Å². The van der Waals surface area contributed by atoms with Crippen molar-refractivity contribution in [2.45, 2.75) is 16.8 Å². The summed E-state index contributed by atoms with van der Waals surface area (Å²) in [5, 5.41) is -0.142. The summed E-state index contributed by atoms with van der Waals surface area (Å²) < 4.78 is 46.9. The predicted octanol–water partition coefficient (Wildman–Crippen LogP) is 4.22. The van der Waals surface area contributed by atoms with Gasteiger partial charge in [-0.15, -0.1) is 0 Å². The summed E-state index contributed by atoms with van der Waals surface area (Å²) in [6.45, 7) is 5.92. The Labute approximate surface area is 183 Å². The van der Waals surface area contributed by atoms with Crippen LogP contribution < -0.4 is 4.90 Å². The molecule has 4 rings (SSSR count). The van der Waals surface area contributed by atoms with Gasteiger partial charge in [0, 0.05) is 36.2 Å². The Hall–Kier alpha value is -2.23. The van der Waals surface area contributed by atoms with E-state index in [0.717, 1.165) is 36.2 Å². The first-order valence-electron chi connectivity index (χ1n) is 9.63. The van der Waals surface area contributed by atoms with Crippen LogP contribution in [0.1, 0.15) is 6.92 Å². The first-order valence-corrected chi connectivity index (χ1v) is 11.9. The lowest BCUT2D eigenvalue weighted by Gasteiger charge is -2.33. The van der Waals surface area contributed by atoms with Crippen molar-refractivity contribution in [1.29, 1.82) is 0 Å². The lowest BCUT2D eigenvalue weighted by molar-refractivity contribution is 0.266. The Morgan fingerprint density at radius 3 is 2.27 bits per heavy atom.